The van der Waals surface area contributed by atoms with Crippen LogP contribution >= 0.6 is 11.6 Å². The number of nitrogens with zero attached hydrogens (tertiary/aromatic N) is 1. The van der Waals surface area contributed by atoms with Gasteiger partial charge in [0.25, 0.3) is 5.91 Å². The number of rotatable bonds is 2. The zero-order chi connectivity index (χ0) is 14.0. The van der Waals surface area contributed by atoms with E-state index in [4.69, 9.17) is 17.3 Å². The van der Waals surface area contributed by atoms with Crippen LogP contribution in [0.1, 0.15) is 30.1 Å². The largest absolute Gasteiger partial charge is 0.334 e. The van der Waals surface area contributed by atoms with Crippen LogP contribution in [0, 0.1) is 11.7 Å². The standard InChI is InChI=1S/C14H18ClFN2O/c1-9-3-2-6-18(13(9)8-17)14(19)10-4-5-11(15)12(16)7-10/h4-5,7,9,13H,2-3,6,8,17H2,1H3. The highest BCUT2D eigenvalue weighted by Gasteiger charge is 2.31. The van der Waals surface area contributed by atoms with Crippen molar-refractivity contribution in [2.24, 2.45) is 11.7 Å². The summed E-state index contributed by atoms with van der Waals surface area (Å²) in [7, 11) is 0. The monoisotopic (exact) mass is 284 g/mol. The number of carbonyl (C=O) groups excluding carboxylic acids is 1. The first-order valence-corrected chi connectivity index (χ1v) is 6.88. The highest BCUT2D eigenvalue weighted by Crippen LogP contribution is 2.25. The van der Waals surface area contributed by atoms with E-state index in [1.807, 2.05) is 0 Å². The van der Waals surface area contributed by atoms with Gasteiger partial charge in [0, 0.05) is 24.7 Å². The number of hydrogen-bond donors (Lipinski definition) is 1. The minimum absolute atomic E-state index is 0.0268. The molecule has 0 bridgehead atoms. The Morgan fingerprint density at radius 2 is 2.32 bits per heavy atom. The van der Waals surface area contributed by atoms with E-state index in [1.165, 1.54) is 12.1 Å². The molecule has 3 nitrogen and oxygen atoms in total. The topological polar surface area (TPSA) is 46.3 Å². The maximum Gasteiger partial charge on any atom is 0.254 e. The van der Waals surface area contributed by atoms with Crippen molar-refractivity contribution in [3.05, 3.63) is 34.6 Å². The van der Waals surface area contributed by atoms with Gasteiger partial charge in [0.2, 0.25) is 0 Å². The Bertz CT molecular complexity index is 481. The molecule has 2 atom stereocenters. The van der Waals surface area contributed by atoms with Gasteiger partial charge in [-0.2, -0.15) is 0 Å². The third-order valence-corrected chi connectivity index (χ3v) is 4.09. The van der Waals surface area contributed by atoms with Crippen molar-refractivity contribution >= 4 is 17.5 Å². The van der Waals surface area contributed by atoms with Gasteiger partial charge in [-0.05, 0) is 37.0 Å². The minimum Gasteiger partial charge on any atom is -0.334 e. The van der Waals surface area contributed by atoms with Gasteiger partial charge in [-0.25, -0.2) is 4.39 Å². The maximum absolute atomic E-state index is 13.4. The summed E-state index contributed by atoms with van der Waals surface area (Å²) in [5.74, 6) is -0.362. The Morgan fingerprint density at radius 3 is 2.95 bits per heavy atom. The summed E-state index contributed by atoms with van der Waals surface area (Å²) in [6, 6.07) is 4.19. The van der Waals surface area contributed by atoms with Gasteiger partial charge < -0.3 is 10.6 Å². The molecule has 19 heavy (non-hydrogen) atoms. The number of benzene rings is 1. The lowest BCUT2D eigenvalue weighted by Gasteiger charge is -2.39. The zero-order valence-electron chi connectivity index (χ0n) is 10.9. The van der Waals surface area contributed by atoms with Gasteiger partial charge in [0.05, 0.1) is 5.02 Å². The fraction of sp³-hybridized carbons (Fsp3) is 0.500. The molecule has 1 aromatic rings. The number of hydrogen-bond acceptors (Lipinski definition) is 2. The van der Waals surface area contributed by atoms with Crippen molar-refractivity contribution in [2.75, 3.05) is 13.1 Å². The molecule has 2 unspecified atom stereocenters. The number of carbonyl (C=O) groups is 1. The van der Waals surface area contributed by atoms with E-state index in [0.717, 1.165) is 12.8 Å². The first-order chi connectivity index (χ1) is 9.04. The lowest BCUT2D eigenvalue weighted by molar-refractivity contribution is 0.0532. The molecule has 0 aromatic heterocycles. The van der Waals surface area contributed by atoms with E-state index in [1.54, 1.807) is 11.0 Å². The van der Waals surface area contributed by atoms with Gasteiger partial charge >= 0.3 is 0 Å². The average Bonchev–Trinajstić information content (AvgIpc) is 2.40. The predicted molar refractivity (Wildman–Crippen MR) is 73.7 cm³/mol. The number of amides is 1. The third-order valence-electron chi connectivity index (χ3n) is 3.78. The van der Waals surface area contributed by atoms with Crippen LogP contribution in [-0.4, -0.2) is 29.9 Å². The Kier molecular flexibility index (Phi) is 4.42. The number of piperidine rings is 1. The van der Waals surface area contributed by atoms with Gasteiger partial charge in [0.1, 0.15) is 5.82 Å². The zero-order valence-corrected chi connectivity index (χ0v) is 11.7. The molecule has 104 valence electrons. The second-order valence-corrected chi connectivity index (χ2v) is 5.46. The van der Waals surface area contributed by atoms with Crippen molar-refractivity contribution in [2.45, 2.75) is 25.8 Å². The molecule has 0 saturated carbocycles. The number of halogens is 2. The van der Waals surface area contributed by atoms with Crippen LogP contribution in [0.3, 0.4) is 0 Å². The van der Waals surface area contributed by atoms with E-state index < -0.39 is 5.82 Å². The molecule has 1 aliphatic rings. The molecule has 1 heterocycles. The van der Waals surface area contributed by atoms with Crippen molar-refractivity contribution < 1.29 is 9.18 Å². The van der Waals surface area contributed by atoms with Crippen molar-refractivity contribution in [3.8, 4) is 0 Å². The molecule has 0 radical (unpaired) electrons. The Hall–Kier alpha value is -1.13. The highest BCUT2D eigenvalue weighted by atomic mass is 35.5. The van der Waals surface area contributed by atoms with E-state index >= 15 is 0 Å². The molecule has 1 saturated heterocycles. The van der Waals surface area contributed by atoms with Crippen LogP contribution in [0.15, 0.2) is 18.2 Å². The van der Waals surface area contributed by atoms with E-state index in [-0.39, 0.29) is 17.0 Å². The van der Waals surface area contributed by atoms with E-state index in [2.05, 4.69) is 6.92 Å². The molecule has 2 N–H and O–H groups in total. The first kappa shape index (κ1) is 14.3. The molecule has 1 fully saturated rings. The second-order valence-electron chi connectivity index (χ2n) is 5.05. The van der Waals surface area contributed by atoms with Crippen LogP contribution in [0.2, 0.25) is 5.02 Å². The van der Waals surface area contributed by atoms with Crippen LogP contribution in [0.5, 0.6) is 0 Å². The quantitative estimate of drug-likeness (QED) is 0.907. The highest BCUT2D eigenvalue weighted by molar-refractivity contribution is 6.30. The average molecular weight is 285 g/mol. The summed E-state index contributed by atoms with van der Waals surface area (Å²) in [5, 5.41) is 0.0268. The summed E-state index contributed by atoms with van der Waals surface area (Å²) in [5.41, 5.74) is 6.09. The molecule has 0 aliphatic carbocycles. The lowest BCUT2D eigenvalue weighted by Crippen LogP contribution is -2.51. The van der Waals surface area contributed by atoms with E-state index in [0.29, 0.717) is 24.6 Å². The van der Waals surface area contributed by atoms with Gasteiger partial charge in [0.15, 0.2) is 0 Å². The molecule has 1 aliphatic heterocycles. The Balaban J connectivity index is 2.24. The summed E-state index contributed by atoms with van der Waals surface area (Å²) >= 11 is 5.63. The third kappa shape index (κ3) is 2.90. The van der Waals surface area contributed by atoms with Crippen LogP contribution < -0.4 is 5.73 Å². The Labute approximate surface area is 117 Å². The van der Waals surface area contributed by atoms with Gasteiger partial charge in [-0.3, -0.25) is 4.79 Å². The van der Waals surface area contributed by atoms with Crippen LogP contribution in [-0.2, 0) is 0 Å². The lowest BCUT2D eigenvalue weighted by atomic mass is 9.90. The minimum atomic E-state index is -0.568. The van der Waals surface area contributed by atoms with Crippen molar-refractivity contribution in [1.29, 1.82) is 0 Å². The molecular formula is C14H18ClFN2O. The van der Waals surface area contributed by atoms with Gasteiger partial charge in [-0.15, -0.1) is 0 Å². The maximum atomic E-state index is 13.4. The summed E-state index contributed by atoms with van der Waals surface area (Å²) in [4.78, 5) is 14.2. The van der Waals surface area contributed by atoms with Gasteiger partial charge in [-0.1, -0.05) is 18.5 Å². The smallest absolute Gasteiger partial charge is 0.254 e. The van der Waals surface area contributed by atoms with Crippen molar-refractivity contribution in [3.63, 3.8) is 0 Å². The van der Waals surface area contributed by atoms with Crippen molar-refractivity contribution in [1.82, 2.24) is 4.90 Å². The second kappa shape index (κ2) is 5.88. The summed E-state index contributed by atoms with van der Waals surface area (Å²) in [6.07, 6.45) is 2.03. The molecule has 2 rings (SSSR count). The molecular weight excluding hydrogens is 267 g/mol. The summed E-state index contributed by atoms with van der Waals surface area (Å²) in [6.45, 7) is 3.21. The SMILES string of the molecule is CC1CCCN(C(=O)c2ccc(Cl)c(F)c2)C1CN. The normalized spacial score (nSPS) is 23.5. The molecule has 5 heteroatoms. The number of nitrogens with two attached hydrogens (primary N) is 1. The van der Waals surface area contributed by atoms with Crippen LogP contribution in [0.4, 0.5) is 4.39 Å². The fourth-order valence-electron chi connectivity index (χ4n) is 2.66. The summed E-state index contributed by atoms with van der Waals surface area (Å²) < 4.78 is 13.4. The molecule has 0 spiro atoms. The van der Waals surface area contributed by atoms with E-state index in [9.17, 15) is 9.18 Å². The molecule has 1 aromatic carbocycles. The predicted octanol–water partition coefficient (Wildman–Crippen LogP) is 2.68. The van der Waals surface area contributed by atoms with Crippen LogP contribution in [0.25, 0.3) is 0 Å². The fourth-order valence-corrected chi connectivity index (χ4v) is 2.77. The Morgan fingerprint density at radius 1 is 1.58 bits per heavy atom. The number of likely N-dealkylation sites (tertiary alicyclic amines) is 1. The molecule has 1 amide bonds. The first-order valence-electron chi connectivity index (χ1n) is 6.50.